The van der Waals surface area contributed by atoms with Crippen molar-refractivity contribution in [2.75, 3.05) is 11.9 Å². The second-order valence-electron chi connectivity index (χ2n) is 6.19. The standard InChI is InChI=1S/C21H24ClNO4/c1-5-18(27-19-11-13(3)7-8-14(19)4)20(24)23-15-9-10-17(22)16(12-15)21(25)26-6-2/h7-12,18H,5-6H2,1-4H3,(H,23,24). The van der Waals surface area contributed by atoms with Crippen LogP contribution in [0.3, 0.4) is 0 Å². The summed E-state index contributed by atoms with van der Waals surface area (Å²) in [5.74, 6) is -0.145. The normalized spacial score (nSPS) is 11.6. The van der Waals surface area contributed by atoms with Gasteiger partial charge in [0.25, 0.3) is 5.91 Å². The number of esters is 1. The summed E-state index contributed by atoms with van der Waals surface area (Å²) in [6, 6.07) is 10.5. The summed E-state index contributed by atoms with van der Waals surface area (Å²) in [5, 5.41) is 3.05. The summed E-state index contributed by atoms with van der Waals surface area (Å²) < 4.78 is 10.9. The fourth-order valence-electron chi connectivity index (χ4n) is 2.50. The lowest BCUT2D eigenvalue weighted by atomic mass is 10.1. The van der Waals surface area contributed by atoms with Gasteiger partial charge in [0.05, 0.1) is 17.2 Å². The first-order valence-corrected chi connectivity index (χ1v) is 9.25. The fourth-order valence-corrected chi connectivity index (χ4v) is 2.70. The smallest absolute Gasteiger partial charge is 0.339 e. The van der Waals surface area contributed by atoms with E-state index in [9.17, 15) is 9.59 Å². The van der Waals surface area contributed by atoms with Gasteiger partial charge in [-0.3, -0.25) is 4.79 Å². The van der Waals surface area contributed by atoms with Crippen molar-refractivity contribution in [2.24, 2.45) is 0 Å². The molecule has 1 amide bonds. The number of hydrogen-bond acceptors (Lipinski definition) is 4. The summed E-state index contributed by atoms with van der Waals surface area (Å²) in [5.41, 5.74) is 2.68. The van der Waals surface area contributed by atoms with Crippen LogP contribution in [0.5, 0.6) is 5.75 Å². The number of carbonyl (C=O) groups excluding carboxylic acids is 2. The highest BCUT2D eigenvalue weighted by molar-refractivity contribution is 6.33. The number of aryl methyl sites for hydroxylation is 2. The van der Waals surface area contributed by atoms with Crippen molar-refractivity contribution in [3.05, 3.63) is 58.1 Å². The zero-order valence-corrected chi connectivity index (χ0v) is 16.7. The van der Waals surface area contributed by atoms with E-state index in [4.69, 9.17) is 21.1 Å². The van der Waals surface area contributed by atoms with Crippen molar-refractivity contribution in [3.8, 4) is 5.75 Å². The van der Waals surface area contributed by atoms with Gasteiger partial charge in [0.15, 0.2) is 6.10 Å². The molecule has 0 aliphatic heterocycles. The van der Waals surface area contributed by atoms with Gasteiger partial charge in [0, 0.05) is 5.69 Å². The van der Waals surface area contributed by atoms with Crippen molar-refractivity contribution in [3.63, 3.8) is 0 Å². The van der Waals surface area contributed by atoms with Crippen LogP contribution in [0.4, 0.5) is 5.69 Å². The summed E-state index contributed by atoms with van der Waals surface area (Å²) >= 11 is 6.05. The molecule has 2 aromatic rings. The Morgan fingerprint density at radius 3 is 2.52 bits per heavy atom. The first-order valence-electron chi connectivity index (χ1n) is 8.87. The number of amides is 1. The van der Waals surface area contributed by atoms with Crippen LogP contribution in [-0.2, 0) is 9.53 Å². The molecule has 0 fully saturated rings. The minimum Gasteiger partial charge on any atom is -0.480 e. The van der Waals surface area contributed by atoms with Crippen LogP contribution >= 0.6 is 11.6 Å². The van der Waals surface area contributed by atoms with Gasteiger partial charge in [-0.15, -0.1) is 0 Å². The highest BCUT2D eigenvalue weighted by atomic mass is 35.5. The average Bonchev–Trinajstić information content (AvgIpc) is 2.64. The lowest BCUT2D eigenvalue weighted by molar-refractivity contribution is -0.122. The third-order valence-electron chi connectivity index (χ3n) is 4.01. The van der Waals surface area contributed by atoms with Crippen LogP contribution in [0.25, 0.3) is 0 Å². The van der Waals surface area contributed by atoms with Crippen molar-refractivity contribution in [1.82, 2.24) is 0 Å². The monoisotopic (exact) mass is 389 g/mol. The Morgan fingerprint density at radius 2 is 1.85 bits per heavy atom. The van der Waals surface area contributed by atoms with Crippen LogP contribution in [0.2, 0.25) is 5.02 Å². The van der Waals surface area contributed by atoms with E-state index in [-0.39, 0.29) is 23.1 Å². The number of ether oxygens (including phenoxy) is 2. The number of halogens is 1. The Balaban J connectivity index is 2.15. The van der Waals surface area contributed by atoms with Gasteiger partial charge in [-0.25, -0.2) is 4.79 Å². The number of anilines is 1. The summed E-state index contributed by atoms with van der Waals surface area (Å²) in [7, 11) is 0. The molecule has 1 unspecified atom stereocenters. The largest absolute Gasteiger partial charge is 0.480 e. The van der Waals surface area contributed by atoms with Gasteiger partial charge in [0.2, 0.25) is 0 Å². The molecule has 1 atom stereocenters. The van der Waals surface area contributed by atoms with Crippen molar-refractivity contribution < 1.29 is 19.1 Å². The van der Waals surface area contributed by atoms with Crippen LogP contribution in [0, 0.1) is 13.8 Å². The molecule has 6 heteroatoms. The molecular weight excluding hydrogens is 366 g/mol. The summed E-state index contributed by atoms with van der Waals surface area (Å²) in [4.78, 5) is 24.6. The Labute approximate surface area is 164 Å². The van der Waals surface area contributed by atoms with E-state index in [1.165, 1.54) is 6.07 Å². The second kappa shape index (κ2) is 9.42. The molecule has 2 aromatic carbocycles. The van der Waals surface area contributed by atoms with E-state index in [0.29, 0.717) is 17.9 Å². The van der Waals surface area contributed by atoms with Crippen LogP contribution in [-0.4, -0.2) is 24.6 Å². The quantitative estimate of drug-likeness (QED) is 0.682. The van der Waals surface area contributed by atoms with Crippen LogP contribution < -0.4 is 10.1 Å². The van der Waals surface area contributed by atoms with Gasteiger partial charge in [0.1, 0.15) is 5.75 Å². The molecule has 0 radical (unpaired) electrons. The van der Waals surface area contributed by atoms with E-state index in [2.05, 4.69) is 5.32 Å². The van der Waals surface area contributed by atoms with E-state index >= 15 is 0 Å². The minimum absolute atomic E-state index is 0.208. The SMILES string of the molecule is CCOC(=O)c1cc(NC(=O)C(CC)Oc2cc(C)ccc2C)ccc1Cl. The number of benzene rings is 2. The van der Waals surface area contributed by atoms with Crippen molar-refractivity contribution in [1.29, 1.82) is 0 Å². The minimum atomic E-state index is -0.660. The van der Waals surface area contributed by atoms with Gasteiger partial charge in [-0.1, -0.05) is 30.7 Å². The number of nitrogens with one attached hydrogen (secondary N) is 1. The zero-order chi connectivity index (χ0) is 20.0. The van der Waals surface area contributed by atoms with Crippen LogP contribution in [0.1, 0.15) is 41.8 Å². The molecule has 0 aliphatic rings. The van der Waals surface area contributed by atoms with Gasteiger partial charge < -0.3 is 14.8 Å². The Morgan fingerprint density at radius 1 is 1.11 bits per heavy atom. The maximum absolute atomic E-state index is 12.7. The fraction of sp³-hybridized carbons (Fsp3) is 0.333. The molecule has 0 saturated heterocycles. The molecule has 0 aromatic heterocycles. The molecule has 5 nitrogen and oxygen atoms in total. The first kappa shape index (κ1) is 20.8. The van der Waals surface area contributed by atoms with Crippen LogP contribution in [0.15, 0.2) is 36.4 Å². The molecule has 0 bridgehead atoms. The molecule has 0 spiro atoms. The predicted octanol–water partition coefficient (Wildman–Crippen LogP) is 4.93. The number of hydrogen-bond donors (Lipinski definition) is 1. The second-order valence-corrected chi connectivity index (χ2v) is 6.60. The highest BCUT2D eigenvalue weighted by Gasteiger charge is 2.20. The van der Waals surface area contributed by atoms with E-state index in [1.807, 2.05) is 39.0 Å². The van der Waals surface area contributed by atoms with E-state index in [0.717, 1.165) is 11.1 Å². The molecule has 0 heterocycles. The van der Waals surface area contributed by atoms with Crippen molar-refractivity contribution in [2.45, 2.75) is 40.2 Å². The van der Waals surface area contributed by atoms with E-state index in [1.54, 1.807) is 19.1 Å². The molecule has 0 aliphatic carbocycles. The molecule has 1 N–H and O–H groups in total. The Hall–Kier alpha value is -2.53. The summed E-state index contributed by atoms with van der Waals surface area (Å²) in [6.45, 7) is 7.74. The number of carbonyl (C=O) groups is 2. The highest BCUT2D eigenvalue weighted by Crippen LogP contribution is 2.24. The maximum atomic E-state index is 12.7. The third kappa shape index (κ3) is 5.47. The summed E-state index contributed by atoms with van der Waals surface area (Å²) in [6.07, 6.45) is -0.162. The molecule has 144 valence electrons. The number of rotatable bonds is 7. The lowest BCUT2D eigenvalue weighted by Gasteiger charge is -2.19. The Kier molecular flexibility index (Phi) is 7.25. The van der Waals surface area contributed by atoms with Crippen molar-refractivity contribution >= 4 is 29.2 Å². The third-order valence-corrected chi connectivity index (χ3v) is 4.33. The molecule has 27 heavy (non-hydrogen) atoms. The predicted molar refractivity (Wildman–Crippen MR) is 107 cm³/mol. The molecule has 2 rings (SSSR count). The molecular formula is C21H24ClNO4. The van der Waals surface area contributed by atoms with Gasteiger partial charge >= 0.3 is 5.97 Å². The first-order chi connectivity index (χ1) is 12.8. The maximum Gasteiger partial charge on any atom is 0.339 e. The molecule has 0 saturated carbocycles. The zero-order valence-electron chi connectivity index (χ0n) is 16.0. The van der Waals surface area contributed by atoms with E-state index < -0.39 is 12.1 Å². The Bertz CT molecular complexity index is 835. The topological polar surface area (TPSA) is 64.6 Å². The lowest BCUT2D eigenvalue weighted by Crippen LogP contribution is -2.32. The average molecular weight is 390 g/mol. The van der Waals surface area contributed by atoms with Gasteiger partial charge in [-0.05, 0) is 62.6 Å². The van der Waals surface area contributed by atoms with Gasteiger partial charge in [-0.2, -0.15) is 0 Å².